The van der Waals surface area contributed by atoms with Crippen LogP contribution in [0.15, 0.2) is 24.3 Å². The average molecular weight is 318 g/mol. The summed E-state index contributed by atoms with van der Waals surface area (Å²) >= 11 is 0. The molecule has 1 rings (SSSR count). The van der Waals surface area contributed by atoms with Crippen LogP contribution in [-0.2, 0) is 9.59 Å². The van der Waals surface area contributed by atoms with E-state index >= 15 is 0 Å². The molecule has 1 aromatic rings. The van der Waals surface area contributed by atoms with Crippen molar-refractivity contribution in [1.82, 2.24) is 5.32 Å². The molecule has 0 atom stereocenters. The average Bonchev–Trinajstić information content (AvgIpc) is 2.51. The maximum Gasteiger partial charge on any atom is 0.239 e. The summed E-state index contributed by atoms with van der Waals surface area (Å²) in [5.41, 5.74) is 0.838. The number of carbonyl (C=O) groups is 2. The molecular weight excluding hydrogens is 288 g/mol. The highest BCUT2D eigenvalue weighted by atomic mass is 16.2. The SMILES string of the molecule is CCCCCNC(=O)C(C)(C)C(=O)Nc1ccc(C(C)C)cc1. The van der Waals surface area contributed by atoms with Crippen molar-refractivity contribution in [2.75, 3.05) is 11.9 Å². The molecule has 0 radical (unpaired) electrons. The Morgan fingerprint density at radius 2 is 1.65 bits per heavy atom. The van der Waals surface area contributed by atoms with E-state index in [1.807, 2.05) is 24.3 Å². The fourth-order valence-electron chi connectivity index (χ4n) is 2.14. The van der Waals surface area contributed by atoms with Gasteiger partial charge in [0.15, 0.2) is 0 Å². The molecule has 0 spiro atoms. The third-order valence-electron chi connectivity index (χ3n) is 4.04. The Balaban J connectivity index is 2.61. The van der Waals surface area contributed by atoms with Crippen molar-refractivity contribution in [3.63, 3.8) is 0 Å². The minimum atomic E-state index is -1.09. The summed E-state index contributed by atoms with van der Waals surface area (Å²) in [5.74, 6) is -0.0715. The molecule has 0 fully saturated rings. The van der Waals surface area contributed by atoms with Crippen LogP contribution in [0.3, 0.4) is 0 Å². The van der Waals surface area contributed by atoms with Crippen molar-refractivity contribution in [2.24, 2.45) is 5.41 Å². The third-order valence-corrected chi connectivity index (χ3v) is 4.04. The molecule has 23 heavy (non-hydrogen) atoms. The van der Waals surface area contributed by atoms with Crippen LogP contribution in [0.4, 0.5) is 5.69 Å². The smallest absolute Gasteiger partial charge is 0.239 e. The van der Waals surface area contributed by atoms with Gasteiger partial charge in [-0.15, -0.1) is 0 Å². The normalized spacial score (nSPS) is 11.4. The molecule has 4 heteroatoms. The summed E-state index contributed by atoms with van der Waals surface area (Å²) in [7, 11) is 0. The molecule has 0 saturated heterocycles. The van der Waals surface area contributed by atoms with Crippen LogP contribution >= 0.6 is 0 Å². The number of hydrogen-bond acceptors (Lipinski definition) is 2. The standard InChI is InChI=1S/C19H30N2O2/c1-6-7-8-13-20-17(22)19(4,5)18(23)21-16-11-9-15(10-12-16)14(2)3/h9-12,14H,6-8,13H2,1-5H3,(H,20,22)(H,21,23). The Morgan fingerprint density at radius 3 is 2.17 bits per heavy atom. The van der Waals surface area contributed by atoms with Gasteiger partial charge in [-0.2, -0.15) is 0 Å². The zero-order valence-corrected chi connectivity index (χ0v) is 15.0. The number of carbonyl (C=O) groups excluding carboxylic acids is 2. The number of unbranched alkanes of at least 4 members (excludes halogenated alkanes) is 2. The monoisotopic (exact) mass is 318 g/mol. The summed E-state index contributed by atoms with van der Waals surface area (Å²) in [6, 6.07) is 7.75. The number of nitrogens with one attached hydrogen (secondary N) is 2. The Bertz CT molecular complexity index is 519. The number of hydrogen-bond donors (Lipinski definition) is 2. The molecule has 2 amide bonds. The highest BCUT2D eigenvalue weighted by Gasteiger charge is 2.35. The maximum atomic E-state index is 12.4. The summed E-state index contributed by atoms with van der Waals surface area (Å²) in [6.45, 7) is 10.3. The lowest BCUT2D eigenvalue weighted by Gasteiger charge is -2.23. The van der Waals surface area contributed by atoms with Crippen molar-refractivity contribution in [3.05, 3.63) is 29.8 Å². The lowest BCUT2D eigenvalue weighted by Crippen LogP contribution is -2.45. The van der Waals surface area contributed by atoms with Gasteiger partial charge in [0.05, 0.1) is 0 Å². The Hall–Kier alpha value is -1.84. The van der Waals surface area contributed by atoms with Crippen LogP contribution in [0.2, 0.25) is 0 Å². The first kappa shape index (κ1) is 19.2. The maximum absolute atomic E-state index is 12.4. The van der Waals surface area contributed by atoms with Gasteiger partial charge in [-0.1, -0.05) is 45.7 Å². The highest BCUT2D eigenvalue weighted by molar-refractivity contribution is 6.09. The van der Waals surface area contributed by atoms with Crippen LogP contribution in [0.1, 0.15) is 65.4 Å². The van der Waals surface area contributed by atoms with Crippen molar-refractivity contribution in [1.29, 1.82) is 0 Å². The summed E-state index contributed by atoms with van der Waals surface area (Å²) in [4.78, 5) is 24.6. The van der Waals surface area contributed by atoms with Gasteiger partial charge in [0, 0.05) is 12.2 Å². The summed E-state index contributed by atoms with van der Waals surface area (Å²) in [5, 5.41) is 5.68. The van der Waals surface area contributed by atoms with Gasteiger partial charge in [0.1, 0.15) is 5.41 Å². The predicted molar refractivity (Wildman–Crippen MR) is 95.5 cm³/mol. The van der Waals surface area contributed by atoms with Gasteiger partial charge in [0.25, 0.3) is 0 Å². The number of rotatable bonds is 8. The fourth-order valence-corrected chi connectivity index (χ4v) is 2.14. The van der Waals surface area contributed by atoms with Crippen molar-refractivity contribution < 1.29 is 9.59 Å². The Labute approximate surface area is 140 Å². The molecule has 0 aliphatic carbocycles. The Morgan fingerprint density at radius 1 is 1.04 bits per heavy atom. The minimum absolute atomic E-state index is 0.232. The van der Waals surface area contributed by atoms with Gasteiger partial charge in [-0.05, 0) is 43.9 Å². The fraction of sp³-hybridized carbons (Fsp3) is 0.579. The van der Waals surface area contributed by atoms with Crippen LogP contribution in [0, 0.1) is 5.41 Å². The van der Waals surface area contributed by atoms with Crippen LogP contribution < -0.4 is 10.6 Å². The molecule has 0 heterocycles. The van der Waals surface area contributed by atoms with Gasteiger partial charge in [0.2, 0.25) is 11.8 Å². The van der Waals surface area contributed by atoms with Crippen molar-refractivity contribution >= 4 is 17.5 Å². The highest BCUT2D eigenvalue weighted by Crippen LogP contribution is 2.21. The van der Waals surface area contributed by atoms with Crippen LogP contribution in [-0.4, -0.2) is 18.4 Å². The zero-order chi connectivity index (χ0) is 17.5. The lowest BCUT2D eigenvalue weighted by atomic mass is 9.90. The van der Waals surface area contributed by atoms with E-state index in [4.69, 9.17) is 0 Å². The summed E-state index contributed by atoms with van der Waals surface area (Å²) < 4.78 is 0. The van der Waals surface area contributed by atoms with E-state index in [-0.39, 0.29) is 11.8 Å². The molecule has 4 nitrogen and oxygen atoms in total. The molecule has 1 aromatic carbocycles. The lowest BCUT2D eigenvalue weighted by molar-refractivity contribution is -0.138. The van der Waals surface area contributed by atoms with Crippen LogP contribution in [0.5, 0.6) is 0 Å². The molecule has 0 unspecified atom stereocenters. The largest absolute Gasteiger partial charge is 0.355 e. The first-order valence-electron chi connectivity index (χ1n) is 8.48. The van der Waals surface area contributed by atoms with Crippen molar-refractivity contribution in [3.8, 4) is 0 Å². The molecule has 0 aromatic heterocycles. The predicted octanol–water partition coefficient (Wildman–Crippen LogP) is 4.08. The summed E-state index contributed by atoms with van der Waals surface area (Å²) in [6.07, 6.45) is 3.12. The second kappa shape index (κ2) is 8.70. The van der Waals surface area contributed by atoms with Gasteiger partial charge < -0.3 is 10.6 Å². The van der Waals surface area contributed by atoms with E-state index in [2.05, 4.69) is 31.4 Å². The van der Waals surface area contributed by atoms with E-state index in [9.17, 15) is 9.59 Å². The van der Waals surface area contributed by atoms with Gasteiger partial charge >= 0.3 is 0 Å². The molecular formula is C19H30N2O2. The van der Waals surface area contributed by atoms with E-state index in [0.717, 1.165) is 19.3 Å². The van der Waals surface area contributed by atoms with Gasteiger partial charge in [-0.25, -0.2) is 0 Å². The number of benzene rings is 1. The molecule has 0 bridgehead atoms. The van der Waals surface area contributed by atoms with Crippen LogP contribution in [0.25, 0.3) is 0 Å². The quantitative estimate of drug-likeness (QED) is 0.560. The first-order valence-corrected chi connectivity index (χ1v) is 8.48. The first-order chi connectivity index (χ1) is 10.8. The Kier molecular flexibility index (Phi) is 7.27. The minimum Gasteiger partial charge on any atom is -0.355 e. The topological polar surface area (TPSA) is 58.2 Å². The van der Waals surface area contributed by atoms with Gasteiger partial charge in [-0.3, -0.25) is 9.59 Å². The molecule has 2 N–H and O–H groups in total. The molecule has 0 aliphatic heterocycles. The molecule has 128 valence electrons. The molecule has 0 saturated carbocycles. The molecule has 0 aliphatic rings. The van der Waals surface area contributed by atoms with Crippen molar-refractivity contribution in [2.45, 2.75) is 59.8 Å². The second-order valence-electron chi connectivity index (χ2n) is 6.82. The van der Waals surface area contributed by atoms with E-state index in [1.165, 1.54) is 5.56 Å². The third kappa shape index (κ3) is 5.70. The number of anilines is 1. The van der Waals surface area contributed by atoms with E-state index < -0.39 is 5.41 Å². The zero-order valence-electron chi connectivity index (χ0n) is 15.0. The van der Waals surface area contributed by atoms with E-state index in [1.54, 1.807) is 13.8 Å². The number of amides is 2. The van der Waals surface area contributed by atoms with E-state index in [0.29, 0.717) is 18.2 Å². The second-order valence-corrected chi connectivity index (χ2v) is 6.82.